The molecular weight excluding hydrogens is 332 g/mol. The quantitative estimate of drug-likeness (QED) is 0.850. The third-order valence-electron chi connectivity index (χ3n) is 4.95. The highest BCUT2D eigenvalue weighted by atomic mass is 16.5. The summed E-state index contributed by atoms with van der Waals surface area (Å²) >= 11 is 0. The Bertz CT molecular complexity index is 841. The third-order valence-corrected chi connectivity index (χ3v) is 4.95. The number of hydrogen-bond acceptors (Lipinski definition) is 4. The summed E-state index contributed by atoms with van der Waals surface area (Å²) in [6.07, 6.45) is 3.02. The molecule has 2 N–H and O–H groups in total. The van der Waals surface area contributed by atoms with Crippen LogP contribution in [0.3, 0.4) is 0 Å². The second-order valence-electron chi connectivity index (χ2n) is 6.83. The zero-order valence-electron chi connectivity index (χ0n) is 14.7. The number of aromatic nitrogens is 2. The topological polar surface area (TPSA) is 87.3 Å². The number of carbonyl (C=O) groups is 2. The van der Waals surface area contributed by atoms with E-state index < -0.39 is 0 Å². The summed E-state index contributed by atoms with van der Waals surface area (Å²) in [4.78, 5) is 26.9. The van der Waals surface area contributed by atoms with Gasteiger partial charge in [0, 0.05) is 42.4 Å². The van der Waals surface area contributed by atoms with Crippen molar-refractivity contribution in [3.63, 3.8) is 0 Å². The summed E-state index contributed by atoms with van der Waals surface area (Å²) in [5.74, 6) is 0.588. The molecule has 1 aliphatic heterocycles. The number of para-hydroxylation sites is 1. The van der Waals surface area contributed by atoms with Crippen molar-refractivity contribution in [3.8, 4) is 5.75 Å². The number of hydrogen-bond donors (Lipinski definition) is 2. The maximum absolute atomic E-state index is 12.8. The summed E-state index contributed by atoms with van der Waals surface area (Å²) < 4.78 is 5.33. The molecule has 1 aliphatic carbocycles. The van der Waals surface area contributed by atoms with Gasteiger partial charge in [-0.1, -0.05) is 18.2 Å². The first-order chi connectivity index (χ1) is 12.7. The molecule has 136 valence electrons. The lowest BCUT2D eigenvalue weighted by atomic mass is 10.0. The molecular formula is C19H22N4O3. The Hall–Kier alpha value is -2.83. The van der Waals surface area contributed by atoms with Crippen LogP contribution in [0.2, 0.25) is 0 Å². The second kappa shape index (κ2) is 6.82. The molecule has 1 fully saturated rings. The van der Waals surface area contributed by atoms with E-state index >= 15 is 0 Å². The molecule has 2 aromatic rings. The van der Waals surface area contributed by atoms with Crippen LogP contribution in [-0.2, 0) is 24.2 Å². The first-order valence-corrected chi connectivity index (χ1v) is 8.92. The Labute approximate surface area is 151 Å². The fourth-order valence-electron chi connectivity index (χ4n) is 3.30. The largest absolute Gasteiger partial charge is 0.496 e. The third kappa shape index (κ3) is 3.29. The lowest BCUT2D eigenvalue weighted by molar-refractivity contribution is -0.131. The van der Waals surface area contributed by atoms with Crippen LogP contribution in [0.25, 0.3) is 0 Å². The van der Waals surface area contributed by atoms with E-state index in [9.17, 15) is 9.59 Å². The van der Waals surface area contributed by atoms with Crippen molar-refractivity contribution in [2.45, 2.75) is 38.3 Å². The second-order valence-corrected chi connectivity index (χ2v) is 6.83. The van der Waals surface area contributed by atoms with E-state index in [1.54, 1.807) is 12.0 Å². The van der Waals surface area contributed by atoms with Crippen LogP contribution >= 0.6 is 0 Å². The van der Waals surface area contributed by atoms with Gasteiger partial charge in [0.15, 0.2) is 5.69 Å². The highest BCUT2D eigenvalue weighted by Gasteiger charge is 2.30. The van der Waals surface area contributed by atoms with E-state index in [0.29, 0.717) is 31.0 Å². The Balaban J connectivity index is 1.48. The maximum atomic E-state index is 12.8. The summed E-state index contributed by atoms with van der Waals surface area (Å²) in [6.45, 7) is 1.03. The van der Waals surface area contributed by atoms with Crippen LogP contribution in [0.1, 0.15) is 40.2 Å². The van der Waals surface area contributed by atoms with Crippen molar-refractivity contribution in [3.05, 3.63) is 46.8 Å². The van der Waals surface area contributed by atoms with Gasteiger partial charge in [0.2, 0.25) is 5.91 Å². The maximum Gasteiger partial charge on any atom is 0.272 e. The van der Waals surface area contributed by atoms with Crippen LogP contribution in [-0.4, -0.2) is 46.6 Å². The summed E-state index contributed by atoms with van der Waals surface area (Å²) in [6, 6.07) is 7.82. The van der Waals surface area contributed by atoms with Gasteiger partial charge in [-0.15, -0.1) is 0 Å². The van der Waals surface area contributed by atoms with E-state index in [1.807, 2.05) is 24.3 Å². The number of rotatable bonds is 5. The van der Waals surface area contributed by atoms with Crippen molar-refractivity contribution in [1.29, 1.82) is 0 Å². The number of H-pyrrole nitrogens is 1. The number of fused-ring (bicyclic) bond motifs is 1. The zero-order chi connectivity index (χ0) is 18.1. The van der Waals surface area contributed by atoms with Crippen molar-refractivity contribution < 1.29 is 14.3 Å². The van der Waals surface area contributed by atoms with E-state index in [0.717, 1.165) is 29.7 Å². The molecule has 4 rings (SSSR count). The van der Waals surface area contributed by atoms with Gasteiger partial charge in [0.1, 0.15) is 5.75 Å². The molecule has 0 radical (unpaired) electrons. The van der Waals surface area contributed by atoms with Gasteiger partial charge in [-0.3, -0.25) is 14.7 Å². The minimum Gasteiger partial charge on any atom is -0.496 e. The van der Waals surface area contributed by atoms with Crippen LogP contribution < -0.4 is 10.1 Å². The molecule has 1 aromatic heterocycles. The van der Waals surface area contributed by atoms with Gasteiger partial charge in [-0.25, -0.2) is 0 Å². The molecule has 1 aromatic carbocycles. The number of aromatic amines is 1. The summed E-state index contributed by atoms with van der Waals surface area (Å²) in [7, 11) is 1.60. The van der Waals surface area contributed by atoms with E-state index in [1.165, 1.54) is 0 Å². The van der Waals surface area contributed by atoms with E-state index in [-0.39, 0.29) is 24.3 Å². The van der Waals surface area contributed by atoms with Gasteiger partial charge in [-0.05, 0) is 18.9 Å². The van der Waals surface area contributed by atoms with Gasteiger partial charge in [0.05, 0.1) is 13.5 Å². The molecule has 0 spiro atoms. The molecule has 7 nitrogen and oxygen atoms in total. The molecule has 2 aliphatic rings. The van der Waals surface area contributed by atoms with Gasteiger partial charge in [-0.2, -0.15) is 5.10 Å². The number of ether oxygens (including phenoxy) is 1. The van der Waals surface area contributed by atoms with Crippen molar-refractivity contribution in [1.82, 2.24) is 20.4 Å². The zero-order valence-corrected chi connectivity index (χ0v) is 14.7. The molecule has 2 amide bonds. The monoisotopic (exact) mass is 354 g/mol. The SMILES string of the molecule is COc1ccccc1CC(=O)N1CCc2[nH]nc(C(=O)NC3CC3)c2C1. The van der Waals surface area contributed by atoms with E-state index in [4.69, 9.17) is 4.74 Å². The highest BCUT2D eigenvalue weighted by Crippen LogP contribution is 2.24. The smallest absolute Gasteiger partial charge is 0.272 e. The molecule has 0 unspecified atom stereocenters. The Morgan fingerprint density at radius 1 is 1.35 bits per heavy atom. The number of benzene rings is 1. The Morgan fingerprint density at radius 3 is 2.92 bits per heavy atom. The number of carbonyl (C=O) groups excluding carboxylic acids is 2. The summed E-state index contributed by atoms with van der Waals surface area (Å²) in [5, 5.41) is 10.1. The fourth-order valence-corrected chi connectivity index (χ4v) is 3.30. The van der Waals surface area contributed by atoms with Crippen LogP contribution in [0.15, 0.2) is 24.3 Å². The van der Waals surface area contributed by atoms with Gasteiger partial charge >= 0.3 is 0 Å². The van der Waals surface area contributed by atoms with Crippen molar-refractivity contribution in [2.24, 2.45) is 0 Å². The molecule has 0 atom stereocenters. The van der Waals surface area contributed by atoms with E-state index in [2.05, 4.69) is 15.5 Å². The Morgan fingerprint density at radius 2 is 2.15 bits per heavy atom. The summed E-state index contributed by atoms with van der Waals surface area (Å²) in [5.41, 5.74) is 3.07. The Kier molecular flexibility index (Phi) is 4.36. The predicted octanol–water partition coefficient (Wildman–Crippen LogP) is 1.44. The van der Waals surface area contributed by atoms with Gasteiger partial charge in [0.25, 0.3) is 5.91 Å². The molecule has 2 heterocycles. The first kappa shape index (κ1) is 16.6. The number of amides is 2. The predicted molar refractivity (Wildman–Crippen MR) is 94.9 cm³/mol. The molecule has 0 saturated heterocycles. The lowest BCUT2D eigenvalue weighted by Gasteiger charge is -2.27. The number of methoxy groups -OCH3 is 1. The minimum absolute atomic E-state index is 0.0231. The standard InChI is InChI=1S/C19H22N4O3/c1-26-16-5-3-2-4-12(16)10-17(24)23-9-8-15-14(11-23)18(22-21-15)19(25)20-13-6-7-13/h2-5,13H,6-11H2,1H3,(H,20,25)(H,21,22). The normalized spacial score (nSPS) is 16.1. The van der Waals surface area contributed by atoms with Crippen molar-refractivity contribution >= 4 is 11.8 Å². The molecule has 26 heavy (non-hydrogen) atoms. The molecule has 1 saturated carbocycles. The first-order valence-electron chi connectivity index (χ1n) is 8.92. The van der Waals surface area contributed by atoms with Crippen LogP contribution in [0.4, 0.5) is 0 Å². The lowest BCUT2D eigenvalue weighted by Crippen LogP contribution is -2.38. The highest BCUT2D eigenvalue weighted by molar-refractivity contribution is 5.94. The minimum atomic E-state index is -0.149. The van der Waals surface area contributed by atoms with Crippen LogP contribution in [0, 0.1) is 0 Å². The average molecular weight is 354 g/mol. The number of nitrogens with one attached hydrogen (secondary N) is 2. The van der Waals surface area contributed by atoms with Crippen molar-refractivity contribution in [2.75, 3.05) is 13.7 Å². The number of nitrogens with zero attached hydrogens (tertiary/aromatic N) is 2. The van der Waals surface area contributed by atoms with Gasteiger partial charge < -0.3 is 15.0 Å². The molecule has 7 heteroatoms. The van der Waals surface area contributed by atoms with Crippen LogP contribution in [0.5, 0.6) is 5.75 Å². The average Bonchev–Trinajstić information content (AvgIpc) is 3.37. The fraction of sp³-hybridized carbons (Fsp3) is 0.421. The molecule has 0 bridgehead atoms.